The minimum atomic E-state index is -0.334. The highest BCUT2D eigenvalue weighted by Crippen LogP contribution is 2.33. The van der Waals surface area contributed by atoms with E-state index in [0.717, 1.165) is 30.4 Å². The highest BCUT2D eigenvalue weighted by molar-refractivity contribution is 5.81. The van der Waals surface area contributed by atoms with Crippen molar-refractivity contribution >= 4 is 12.2 Å². The van der Waals surface area contributed by atoms with Crippen molar-refractivity contribution in [1.29, 1.82) is 0 Å². The zero-order valence-corrected chi connectivity index (χ0v) is 12.3. The molecule has 1 heterocycles. The van der Waals surface area contributed by atoms with Crippen LogP contribution in [0.3, 0.4) is 0 Å². The number of ether oxygens (including phenoxy) is 2. The van der Waals surface area contributed by atoms with E-state index in [0.29, 0.717) is 18.7 Å². The van der Waals surface area contributed by atoms with E-state index in [9.17, 15) is 9.59 Å². The molecule has 2 rings (SSSR count). The second kappa shape index (κ2) is 7.67. The summed E-state index contributed by atoms with van der Waals surface area (Å²) in [7, 11) is 0. The summed E-state index contributed by atoms with van der Waals surface area (Å²) in [5.74, 6) is 1.02. The smallest absolute Gasteiger partial charge is 0.231 e. The number of unbranched alkanes of at least 4 members (excludes halogenated alkanes) is 1. The zero-order valence-electron chi connectivity index (χ0n) is 12.3. The SMILES string of the molecule is CCCCNC(=O)C(CC=O)Cc1ccc2c(c1)OCO2. The molecule has 0 aromatic heterocycles. The van der Waals surface area contributed by atoms with E-state index in [-0.39, 0.29) is 25.0 Å². The molecule has 0 saturated carbocycles. The van der Waals surface area contributed by atoms with Gasteiger partial charge >= 0.3 is 0 Å². The lowest BCUT2D eigenvalue weighted by Gasteiger charge is -2.14. The molecule has 0 fully saturated rings. The Bertz CT molecular complexity index is 501. The van der Waals surface area contributed by atoms with Gasteiger partial charge in [-0.25, -0.2) is 0 Å². The van der Waals surface area contributed by atoms with Crippen molar-refractivity contribution in [3.8, 4) is 11.5 Å². The van der Waals surface area contributed by atoms with Crippen LogP contribution in [0.25, 0.3) is 0 Å². The highest BCUT2D eigenvalue weighted by atomic mass is 16.7. The van der Waals surface area contributed by atoms with Crippen LogP contribution in [0.2, 0.25) is 0 Å². The molecule has 1 aromatic rings. The Morgan fingerprint density at radius 1 is 1.38 bits per heavy atom. The van der Waals surface area contributed by atoms with Gasteiger partial charge in [0.25, 0.3) is 0 Å². The minimum Gasteiger partial charge on any atom is -0.454 e. The van der Waals surface area contributed by atoms with Crippen molar-refractivity contribution in [3.05, 3.63) is 23.8 Å². The average molecular weight is 291 g/mol. The first-order valence-electron chi connectivity index (χ1n) is 7.34. The maximum absolute atomic E-state index is 12.1. The summed E-state index contributed by atoms with van der Waals surface area (Å²) in [6.45, 7) is 2.96. The summed E-state index contributed by atoms with van der Waals surface area (Å²) in [5, 5.41) is 2.89. The number of hydrogen-bond acceptors (Lipinski definition) is 4. The van der Waals surface area contributed by atoms with E-state index >= 15 is 0 Å². The summed E-state index contributed by atoms with van der Waals surface area (Å²) >= 11 is 0. The summed E-state index contributed by atoms with van der Waals surface area (Å²) in [5.41, 5.74) is 0.969. The number of carbonyl (C=O) groups excluding carboxylic acids is 2. The first-order chi connectivity index (χ1) is 10.2. The third kappa shape index (κ3) is 4.21. The van der Waals surface area contributed by atoms with Crippen LogP contribution < -0.4 is 14.8 Å². The topological polar surface area (TPSA) is 64.6 Å². The average Bonchev–Trinajstić information content (AvgIpc) is 2.94. The van der Waals surface area contributed by atoms with Crippen LogP contribution in [-0.2, 0) is 16.0 Å². The lowest BCUT2D eigenvalue weighted by molar-refractivity contribution is -0.126. The van der Waals surface area contributed by atoms with E-state index in [1.165, 1.54) is 0 Å². The summed E-state index contributed by atoms with van der Waals surface area (Å²) in [6.07, 6.45) is 3.53. The molecule has 5 nitrogen and oxygen atoms in total. The Morgan fingerprint density at radius 3 is 2.95 bits per heavy atom. The molecule has 5 heteroatoms. The van der Waals surface area contributed by atoms with Crippen LogP contribution in [0.15, 0.2) is 18.2 Å². The van der Waals surface area contributed by atoms with E-state index in [1.807, 2.05) is 18.2 Å². The van der Waals surface area contributed by atoms with Gasteiger partial charge in [0.1, 0.15) is 6.29 Å². The fourth-order valence-corrected chi connectivity index (χ4v) is 2.28. The normalized spacial score (nSPS) is 13.8. The monoisotopic (exact) mass is 291 g/mol. The fraction of sp³-hybridized carbons (Fsp3) is 0.500. The molecule has 1 aliphatic rings. The Kier molecular flexibility index (Phi) is 5.60. The molecule has 0 spiro atoms. The number of benzene rings is 1. The molecule has 1 aliphatic heterocycles. The van der Waals surface area contributed by atoms with Crippen molar-refractivity contribution in [2.24, 2.45) is 5.92 Å². The Hall–Kier alpha value is -2.04. The van der Waals surface area contributed by atoms with Crippen LogP contribution in [0, 0.1) is 5.92 Å². The Labute approximate surface area is 124 Å². The summed E-state index contributed by atoms with van der Waals surface area (Å²) in [6, 6.07) is 5.62. The molecule has 0 saturated heterocycles. The third-order valence-electron chi connectivity index (χ3n) is 3.50. The number of fused-ring (bicyclic) bond motifs is 1. The Balaban J connectivity index is 1.98. The van der Waals surface area contributed by atoms with Gasteiger partial charge in [0.2, 0.25) is 12.7 Å². The first-order valence-corrected chi connectivity index (χ1v) is 7.34. The maximum atomic E-state index is 12.1. The highest BCUT2D eigenvalue weighted by Gasteiger charge is 2.20. The van der Waals surface area contributed by atoms with Crippen molar-refractivity contribution in [3.63, 3.8) is 0 Å². The van der Waals surface area contributed by atoms with Crippen LogP contribution in [-0.4, -0.2) is 25.5 Å². The summed E-state index contributed by atoms with van der Waals surface area (Å²) in [4.78, 5) is 22.9. The second-order valence-electron chi connectivity index (χ2n) is 5.14. The van der Waals surface area contributed by atoms with E-state index in [2.05, 4.69) is 12.2 Å². The lowest BCUT2D eigenvalue weighted by atomic mass is 9.95. The number of aldehydes is 1. The van der Waals surface area contributed by atoms with Crippen LogP contribution >= 0.6 is 0 Å². The largest absolute Gasteiger partial charge is 0.454 e. The molecule has 1 amide bonds. The molecule has 1 N–H and O–H groups in total. The quantitative estimate of drug-likeness (QED) is 0.588. The molecule has 0 radical (unpaired) electrons. The second-order valence-corrected chi connectivity index (χ2v) is 5.14. The van der Waals surface area contributed by atoms with Crippen molar-refractivity contribution in [2.45, 2.75) is 32.6 Å². The van der Waals surface area contributed by atoms with Crippen molar-refractivity contribution < 1.29 is 19.1 Å². The molecule has 0 aliphatic carbocycles. The number of nitrogens with one attached hydrogen (secondary N) is 1. The maximum Gasteiger partial charge on any atom is 0.231 e. The van der Waals surface area contributed by atoms with E-state index < -0.39 is 0 Å². The molecule has 0 bridgehead atoms. The number of carbonyl (C=O) groups is 2. The molecule has 1 unspecified atom stereocenters. The minimum absolute atomic E-state index is 0.0618. The van der Waals surface area contributed by atoms with Gasteiger partial charge in [-0.05, 0) is 30.5 Å². The van der Waals surface area contributed by atoms with Crippen molar-refractivity contribution in [2.75, 3.05) is 13.3 Å². The van der Waals surface area contributed by atoms with Gasteiger partial charge in [-0.2, -0.15) is 0 Å². The van der Waals surface area contributed by atoms with Gasteiger partial charge < -0.3 is 19.6 Å². The molecule has 1 atom stereocenters. The van der Waals surface area contributed by atoms with Gasteiger partial charge in [0, 0.05) is 18.9 Å². The van der Waals surface area contributed by atoms with E-state index in [1.54, 1.807) is 0 Å². The number of amides is 1. The van der Waals surface area contributed by atoms with E-state index in [4.69, 9.17) is 9.47 Å². The van der Waals surface area contributed by atoms with Gasteiger partial charge in [-0.15, -0.1) is 0 Å². The molecule has 1 aromatic carbocycles. The first kappa shape index (κ1) is 15.4. The van der Waals surface area contributed by atoms with Crippen LogP contribution in [0.5, 0.6) is 11.5 Å². The number of hydrogen-bond donors (Lipinski definition) is 1. The zero-order chi connectivity index (χ0) is 15.1. The molecular formula is C16H21NO4. The molecule has 21 heavy (non-hydrogen) atoms. The summed E-state index contributed by atoms with van der Waals surface area (Å²) < 4.78 is 10.6. The fourth-order valence-electron chi connectivity index (χ4n) is 2.28. The third-order valence-corrected chi connectivity index (χ3v) is 3.50. The standard InChI is InChI=1S/C16H21NO4/c1-2-3-7-17-16(19)13(6-8-18)9-12-4-5-14-15(10-12)21-11-20-14/h4-5,8,10,13H,2-3,6-7,9,11H2,1H3,(H,17,19). The van der Waals surface area contributed by atoms with Crippen LogP contribution in [0.1, 0.15) is 31.7 Å². The predicted octanol–water partition coefficient (Wildman–Crippen LogP) is 2.08. The molecule has 114 valence electrons. The molecular weight excluding hydrogens is 270 g/mol. The van der Waals surface area contributed by atoms with Gasteiger partial charge in [-0.3, -0.25) is 4.79 Å². The lowest BCUT2D eigenvalue weighted by Crippen LogP contribution is -2.32. The predicted molar refractivity (Wildman–Crippen MR) is 78.4 cm³/mol. The van der Waals surface area contributed by atoms with Crippen LogP contribution in [0.4, 0.5) is 0 Å². The van der Waals surface area contributed by atoms with Gasteiger partial charge in [-0.1, -0.05) is 19.4 Å². The Morgan fingerprint density at radius 2 is 2.19 bits per heavy atom. The number of rotatable bonds is 8. The van der Waals surface area contributed by atoms with Gasteiger partial charge in [0.15, 0.2) is 11.5 Å². The van der Waals surface area contributed by atoms with Crippen molar-refractivity contribution in [1.82, 2.24) is 5.32 Å². The van der Waals surface area contributed by atoms with Gasteiger partial charge in [0.05, 0.1) is 0 Å².